The first kappa shape index (κ1) is 24.4. The van der Waals surface area contributed by atoms with E-state index in [1.807, 2.05) is 0 Å². The maximum atomic E-state index is 6.38. The predicted octanol–water partition coefficient (Wildman–Crippen LogP) is 7.13. The lowest BCUT2D eigenvalue weighted by molar-refractivity contribution is -0.735. The highest BCUT2D eigenvalue weighted by Crippen LogP contribution is 2.35. The van der Waals surface area contributed by atoms with Gasteiger partial charge in [0.25, 0.3) is 0 Å². The smallest absolute Gasteiger partial charge is 0.245 e. The van der Waals surface area contributed by atoms with Gasteiger partial charge in [0.05, 0.1) is 12.6 Å². The van der Waals surface area contributed by atoms with Crippen LogP contribution >= 0.6 is 0 Å². The zero-order valence-corrected chi connectivity index (χ0v) is 20.0. The summed E-state index contributed by atoms with van der Waals surface area (Å²) in [6.45, 7) is 11.2. The minimum absolute atomic E-state index is 0.427. The Morgan fingerprint density at radius 2 is 1.62 bits per heavy atom. The molecule has 0 amide bonds. The van der Waals surface area contributed by atoms with Crippen LogP contribution in [0.1, 0.15) is 111 Å². The van der Waals surface area contributed by atoms with Gasteiger partial charge >= 0.3 is 0 Å². The van der Waals surface area contributed by atoms with E-state index >= 15 is 0 Å². The van der Waals surface area contributed by atoms with Gasteiger partial charge in [0, 0.05) is 0 Å². The molecule has 0 aliphatic heterocycles. The lowest BCUT2D eigenvalue weighted by Crippen LogP contribution is -2.40. The Bertz CT molecular complexity index is 525. The molecule has 2 rings (SSSR count). The maximum Gasteiger partial charge on any atom is 0.245 e. The molecule has 1 aliphatic carbocycles. The van der Waals surface area contributed by atoms with Crippen LogP contribution in [0.4, 0.5) is 0 Å². The summed E-state index contributed by atoms with van der Waals surface area (Å²) in [5, 5.41) is 0. The fourth-order valence-corrected chi connectivity index (χ4v) is 4.92. The van der Waals surface area contributed by atoms with Crippen LogP contribution in [0, 0.1) is 17.8 Å². The summed E-state index contributed by atoms with van der Waals surface area (Å²) in [5.41, 5.74) is 0. The topological polar surface area (TPSA) is 18.0 Å². The van der Waals surface area contributed by atoms with E-state index in [9.17, 15) is 0 Å². The Kier molecular flexibility index (Phi) is 12.0. The Hall–Kier alpha value is -0.830. The van der Waals surface area contributed by atoms with E-state index in [-0.39, 0.29) is 0 Å². The number of aromatic nitrogens is 2. The van der Waals surface area contributed by atoms with E-state index in [1.54, 1.807) is 0 Å². The van der Waals surface area contributed by atoms with Crippen LogP contribution in [0.25, 0.3) is 0 Å². The van der Waals surface area contributed by atoms with E-state index in [1.165, 1.54) is 83.5 Å². The lowest BCUT2D eigenvalue weighted by atomic mass is 9.75. The monoisotopic (exact) mass is 405 g/mol. The van der Waals surface area contributed by atoms with Gasteiger partial charge in [-0.25, -0.2) is 9.13 Å². The van der Waals surface area contributed by atoms with Crippen molar-refractivity contribution in [2.75, 3.05) is 0 Å². The molecule has 0 radical (unpaired) electrons. The molecule has 0 N–H and O–H groups in total. The molecule has 3 atom stereocenters. The molecule has 0 bridgehead atoms. The molecule has 0 aromatic carbocycles. The third-order valence-electron chi connectivity index (χ3n) is 6.92. The molecule has 1 fully saturated rings. The van der Waals surface area contributed by atoms with Gasteiger partial charge < -0.3 is 4.74 Å². The Labute approximate surface area is 181 Å². The first-order valence-corrected chi connectivity index (χ1v) is 12.8. The van der Waals surface area contributed by atoms with Crippen LogP contribution in [0.5, 0.6) is 0 Å². The number of hydrogen-bond donors (Lipinski definition) is 0. The second kappa shape index (κ2) is 14.2. The molecule has 0 saturated heterocycles. The summed E-state index contributed by atoms with van der Waals surface area (Å²) in [5.74, 6) is 2.25. The van der Waals surface area contributed by atoms with Crippen molar-refractivity contribution in [1.29, 1.82) is 0 Å². The number of nitrogens with zero attached hydrogens (tertiary/aromatic N) is 2. The van der Waals surface area contributed by atoms with E-state index in [4.69, 9.17) is 4.74 Å². The number of aryl methyl sites for hydroxylation is 1. The lowest BCUT2D eigenvalue weighted by Gasteiger charge is -2.36. The fraction of sp³-hybridized carbons (Fsp3) is 0.885. The zero-order chi connectivity index (χ0) is 20.9. The molecule has 168 valence electrons. The molecule has 1 aliphatic rings. The maximum absolute atomic E-state index is 6.38. The molecule has 1 saturated carbocycles. The first-order valence-electron chi connectivity index (χ1n) is 12.8. The minimum atomic E-state index is 0.427. The third-order valence-corrected chi connectivity index (χ3v) is 6.92. The average Bonchev–Trinajstić information content (AvgIpc) is 3.15. The number of hydrogen-bond acceptors (Lipinski definition) is 1. The van der Waals surface area contributed by atoms with Gasteiger partial charge in [-0.15, -0.1) is 0 Å². The van der Waals surface area contributed by atoms with Crippen LogP contribution in [0.3, 0.4) is 0 Å². The molecule has 0 unspecified atom stereocenters. The molecule has 29 heavy (non-hydrogen) atoms. The number of rotatable bonds is 15. The molecule has 1 aromatic rings. The van der Waals surface area contributed by atoms with Crippen molar-refractivity contribution in [2.45, 2.75) is 131 Å². The standard InChI is InChI=1S/C26H49N2O/c1-5-6-7-8-9-10-11-12-13-14-17-27-18-19-28(21-27)22-29-26-20-24(4)15-16-25(26)23(2)3/h18-19,21,23-26H,5-17,20,22H2,1-4H3/q+1/t24-,25+,26-/m1/s1. The molecule has 1 aromatic heterocycles. The highest BCUT2D eigenvalue weighted by molar-refractivity contribution is 4.80. The summed E-state index contributed by atoms with van der Waals surface area (Å²) >= 11 is 0. The molecule has 0 spiro atoms. The first-order chi connectivity index (χ1) is 14.1. The molecule has 3 heteroatoms. The van der Waals surface area contributed by atoms with Gasteiger partial charge in [-0.05, 0) is 43.4 Å². The quantitative estimate of drug-likeness (QED) is 0.224. The van der Waals surface area contributed by atoms with Gasteiger partial charge in [-0.1, -0.05) is 85.5 Å². The van der Waals surface area contributed by atoms with Crippen molar-refractivity contribution in [3.05, 3.63) is 18.7 Å². The molecule has 1 heterocycles. The van der Waals surface area contributed by atoms with Crippen LogP contribution < -0.4 is 4.57 Å². The third kappa shape index (κ3) is 9.68. The van der Waals surface area contributed by atoms with Crippen LogP contribution in [0.15, 0.2) is 18.7 Å². The highest BCUT2D eigenvalue weighted by atomic mass is 16.5. The Balaban J connectivity index is 1.57. The van der Waals surface area contributed by atoms with Gasteiger partial charge in [0.2, 0.25) is 6.33 Å². The SMILES string of the molecule is CCCCCCCCCCCCn1cc[n+](CO[C@@H]2C[C@H](C)CC[C@H]2C(C)C)c1. The van der Waals surface area contributed by atoms with E-state index < -0.39 is 0 Å². The second-order valence-corrected chi connectivity index (χ2v) is 10.0. The molecular weight excluding hydrogens is 356 g/mol. The zero-order valence-electron chi connectivity index (χ0n) is 20.0. The average molecular weight is 406 g/mol. The van der Waals surface area contributed by atoms with Gasteiger partial charge in [0.1, 0.15) is 12.4 Å². The number of unbranched alkanes of at least 4 members (excludes halogenated alkanes) is 9. The second-order valence-electron chi connectivity index (χ2n) is 10.0. The Morgan fingerprint density at radius 3 is 2.28 bits per heavy atom. The van der Waals surface area contributed by atoms with Crippen LogP contribution in [-0.2, 0) is 18.0 Å². The molecule has 3 nitrogen and oxygen atoms in total. The Morgan fingerprint density at radius 1 is 0.966 bits per heavy atom. The van der Waals surface area contributed by atoms with Crippen LogP contribution in [0.2, 0.25) is 0 Å². The molecular formula is C26H49N2O+. The van der Waals surface area contributed by atoms with Gasteiger partial charge in [0.15, 0.2) is 6.73 Å². The summed E-state index contributed by atoms with van der Waals surface area (Å²) in [6, 6.07) is 0. The summed E-state index contributed by atoms with van der Waals surface area (Å²) < 4.78 is 10.9. The van der Waals surface area contributed by atoms with E-state index in [0.29, 0.717) is 12.8 Å². The predicted molar refractivity (Wildman–Crippen MR) is 123 cm³/mol. The van der Waals surface area contributed by atoms with Crippen molar-refractivity contribution in [1.82, 2.24) is 4.57 Å². The number of imidazole rings is 1. The fourth-order valence-electron chi connectivity index (χ4n) is 4.92. The summed E-state index contributed by atoms with van der Waals surface area (Å²) in [6.07, 6.45) is 24.9. The van der Waals surface area contributed by atoms with Crippen molar-refractivity contribution in [3.63, 3.8) is 0 Å². The van der Waals surface area contributed by atoms with Crippen molar-refractivity contribution < 1.29 is 9.30 Å². The normalized spacial score (nSPS) is 22.4. The van der Waals surface area contributed by atoms with Crippen molar-refractivity contribution >= 4 is 0 Å². The number of ether oxygens (including phenoxy) is 1. The highest BCUT2D eigenvalue weighted by Gasteiger charge is 2.31. The van der Waals surface area contributed by atoms with Crippen molar-refractivity contribution in [3.8, 4) is 0 Å². The van der Waals surface area contributed by atoms with E-state index in [0.717, 1.165) is 24.3 Å². The summed E-state index contributed by atoms with van der Waals surface area (Å²) in [4.78, 5) is 0. The largest absolute Gasteiger partial charge is 0.338 e. The summed E-state index contributed by atoms with van der Waals surface area (Å²) in [7, 11) is 0. The van der Waals surface area contributed by atoms with Gasteiger partial charge in [-0.2, -0.15) is 0 Å². The van der Waals surface area contributed by atoms with Crippen LogP contribution in [-0.4, -0.2) is 10.7 Å². The van der Waals surface area contributed by atoms with Crippen molar-refractivity contribution in [2.24, 2.45) is 17.8 Å². The van der Waals surface area contributed by atoms with Gasteiger partial charge in [-0.3, -0.25) is 0 Å². The van der Waals surface area contributed by atoms with E-state index in [2.05, 4.69) is 55.6 Å². The minimum Gasteiger partial charge on any atom is -0.338 e.